The van der Waals surface area contributed by atoms with Crippen LogP contribution in [0.15, 0.2) is 78.9 Å². The van der Waals surface area contributed by atoms with Crippen molar-refractivity contribution in [1.29, 1.82) is 0 Å². The smallest absolute Gasteiger partial charge is 0.337 e. The Morgan fingerprint density at radius 2 is 1.50 bits per heavy atom. The van der Waals surface area contributed by atoms with Gasteiger partial charge in [-0.25, -0.2) is 4.79 Å². The lowest BCUT2D eigenvalue weighted by Crippen LogP contribution is -2.56. The van der Waals surface area contributed by atoms with E-state index in [4.69, 9.17) is 0 Å². The van der Waals surface area contributed by atoms with Gasteiger partial charge in [0.2, 0.25) is 11.8 Å². The van der Waals surface area contributed by atoms with Gasteiger partial charge in [0.25, 0.3) is 0 Å². The summed E-state index contributed by atoms with van der Waals surface area (Å²) in [6.45, 7) is -0.158. The van der Waals surface area contributed by atoms with Gasteiger partial charge in [-0.15, -0.1) is 0 Å². The van der Waals surface area contributed by atoms with Crippen LogP contribution in [0.3, 0.4) is 0 Å². The Hall–Kier alpha value is -4.83. The van der Waals surface area contributed by atoms with Crippen molar-refractivity contribution in [1.82, 2.24) is 10.2 Å². The fourth-order valence-corrected chi connectivity index (χ4v) is 5.74. The highest BCUT2D eigenvalue weighted by molar-refractivity contribution is 6.10. The minimum Gasteiger partial charge on any atom is -0.481 e. The summed E-state index contributed by atoms with van der Waals surface area (Å²) in [6, 6.07) is 22.0. The SMILES string of the molecule is COC(=O)c1ccc(CN2C(=O)C3C(c4ccc(-c5ccccc5)cc4)NC(CC(=O)O)(C(=O)O)C3C2=O)cc1. The summed E-state index contributed by atoms with van der Waals surface area (Å²) in [5.41, 5.74) is 1.07. The molecule has 0 saturated carbocycles. The number of hydrogen-bond donors (Lipinski definition) is 3. The highest BCUT2D eigenvalue weighted by atomic mass is 16.5. The summed E-state index contributed by atoms with van der Waals surface area (Å²) in [4.78, 5) is 64.6. The van der Waals surface area contributed by atoms with Crippen molar-refractivity contribution in [2.75, 3.05) is 7.11 Å². The predicted molar refractivity (Wildman–Crippen MR) is 141 cm³/mol. The van der Waals surface area contributed by atoms with E-state index >= 15 is 0 Å². The van der Waals surface area contributed by atoms with Crippen LogP contribution >= 0.6 is 0 Å². The van der Waals surface area contributed by atoms with Gasteiger partial charge in [0, 0.05) is 6.04 Å². The maximum absolute atomic E-state index is 13.7. The van der Waals surface area contributed by atoms with E-state index in [2.05, 4.69) is 10.1 Å². The van der Waals surface area contributed by atoms with Gasteiger partial charge in [-0.2, -0.15) is 0 Å². The Morgan fingerprint density at radius 1 is 0.875 bits per heavy atom. The van der Waals surface area contributed by atoms with E-state index in [1.54, 1.807) is 24.3 Å². The van der Waals surface area contributed by atoms with Crippen LogP contribution in [0.1, 0.15) is 33.9 Å². The van der Waals surface area contributed by atoms with Gasteiger partial charge >= 0.3 is 17.9 Å². The van der Waals surface area contributed by atoms with Gasteiger partial charge in [-0.05, 0) is 34.4 Å². The molecule has 2 aliphatic heterocycles. The number of hydrogen-bond acceptors (Lipinski definition) is 7. The maximum Gasteiger partial charge on any atom is 0.337 e. The molecule has 2 aliphatic rings. The molecule has 10 heteroatoms. The van der Waals surface area contributed by atoms with Crippen molar-refractivity contribution in [3.8, 4) is 11.1 Å². The van der Waals surface area contributed by atoms with Gasteiger partial charge in [-0.3, -0.25) is 29.4 Å². The number of fused-ring (bicyclic) bond motifs is 1. The molecule has 0 aromatic heterocycles. The number of carbonyl (C=O) groups excluding carboxylic acids is 3. The highest BCUT2D eigenvalue weighted by Gasteiger charge is 2.69. The average molecular weight is 543 g/mol. The van der Waals surface area contributed by atoms with Crippen molar-refractivity contribution in [3.63, 3.8) is 0 Å². The van der Waals surface area contributed by atoms with Crippen molar-refractivity contribution in [3.05, 3.63) is 95.6 Å². The number of aliphatic carboxylic acids is 2. The quantitative estimate of drug-likeness (QED) is 0.288. The Balaban J connectivity index is 1.51. The van der Waals surface area contributed by atoms with Crippen LogP contribution in [0.2, 0.25) is 0 Å². The third kappa shape index (κ3) is 4.52. The van der Waals surface area contributed by atoms with Crippen LogP contribution in [-0.4, -0.2) is 57.5 Å². The first-order valence-electron chi connectivity index (χ1n) is 12.6. The number of benzene rings is 3. The van der Waals surface area contributed by atoms with Crippen LogP contribution in [0.5, 0.6) is 0 Å². The number of carboxylic acids is 2. The molecule has 2 fully saturated rings. The lowest BCUT2D eigenvalue weighted by Gasteiger charge is -2.29. The predicted octanol–water partition coefficient (Wildman–Crippen LogP) is 2.88. The molecular weight excluding hydrogens is 516 g/mol. The molecule has 40 heavy (non-hydrogen) atoms. The van der Waals surface area contributed by atoms with Gasteiger partial charge in [0.15, 0.2) is 0 Å². The third-order valence-electron chi connectivity index (χ3n) is 7.65. The van der Waals surface area contributed by atoms with Crippen LogP contribution < -0.4 is 5.32 Å². The van der Waals surface area contributed by atoms with Gasteiger partial charge in [0.1, 0.15) is 5.54 Å². The largest absolute Gasteiger partial charge is 0.481 e. The Bertz CT molecular complexity index is 1490. The molecule has 3 N–H and O–H groups in total. The normalized spacial score (nSPS) is 23.6. The molecule has 204 valence electrons. The Labute approximate surface area is 229 Å². The maximum atomic E-state index is 13.7. The number of amides is 2. The minimum absolute atomic E-state index is 0.158. The molecule has 0 radical (unpaired) electrons. The van der Waals surface area contributed by atoms with Gasteiger partial charge in [-0.1, -0.05) is 66.7 Å². The van der Waals surface area contributed by atoms with E-state index in [0.29, 0.717) is 11.1 Å². The monoisotopic (exact) mass is 542 g/mol. The van der Waals surface area contributed by atoms with Crippen LogP contribution in [0.4, 0.5) is 0 Å². The van der Waals surface area contributed by atoms with Crippen molar-refractivity contribution in [2.45, 2.75) is 24.5 Å². The second kappa shape index (κ2) is 10.4. The molecule has 3 aromatic rings. The molecule has 2 heterocycles. The lowest BCUT2D eigenvalue weighted by atomic mass is 9.77. The van der Waals surface area contributed by atoms with Gasteiger partial charge < -0.3 is 14.9 Å². The number of ether oxygens (including phenoxy) is 1. The first-order chi connectivity index (χ1) is 19.2. The van der Waals surface area contributed by atoms with Gasteiger partial charge in [0.05, 0.1) is 37.5 Å². The summed E-state index contributed by atoms with van der Waals surface area (Å²) < 4.78 is 4.69. The van der Waals surface area contributed by atoms with E-state index in [9.17, 15) is 34.2 Å². The van der Waals surface area contributed by atoms with E-state index < -0.39 is 59.6 Å². The molecule has 2 saturated heterocycles. The fourth-order valence-electron chi connectivity index (χ4n) is 5.74. The highest BCUT2D eigenvalue weighted by Crippen LogP contribution is 2.50. The minimum atomic E-state index is -2.19. The number of nitrogens with zero attached hydrogens (tertiary/aromatic N) is 1. The second-order valence-corrected chi connectivity index (χ2v) is 9.91. The summed E-state index contributed by atoms with van der Waals surface area (Å²) in [6.07, 6.45) is -0.886. The van der Waals surface area contributed by atoms with Crippen molar-refractivity contribution >= 4 is 29.7 Å². The first-order valence-corrected chi connectivity index (χ1v) is 12.6. The Morgan fingerprint density at radius 3 is 2.08 bits per heavy atom. The second-order valence-electron chi connectivity index (χ2n) is 9.91. The summed E-state index contributed by atoms with van der Waals surface area (Å²) >= 11 is 0. The molecule has 3 aromatic carbocycles. The number of methoxy groups -OCH3 is 1. The molecule has 10 nitrogen and oxygen atoms in total. The molecule has 5 rings (SSSR count). The lowest BCUT2D eigenvalue weighted by molar-refractivity contribution is -0.156. The number of nitrogens with one attached hydrogen (secondary N) is 1. The number of carboxylic acid groups (broad SMARTS) is 2. The summed E-state index contributed by atoms with van der Waals surface area (Å²) in [7, 11) is 1.25. The molecule has 0 bridgehead atoms. The number of likely N-dealkylation sites (tertiary alicyclic amines) is 1. The molecule has 4 unspecified atom stereocenters. The van der Waals surface area contributed by atoms with E-state index in [-0.39, 0.29) is 12.1 Å². The van der Waals surface area contributed by atoms with E-state index in [0.717, 1.165) is 16.0 Å². The standard InChI is InChI=1S/C30H26N2O8/c1-40-28(37)21-9-7-17(8-10-21)16-32-26(35)23-24(27(32)36)30(29(38)39,15-22(33)34)31-25(23)20-13-11-19(12-14-20)18-5-3-2-4-6-18/h2-14,23-25,31H,15-16H2,1H3,(H,33,34)(H,38,39). The van der Waals surface area contributed by atoms with Crippen LogP contribution in [0.25, 0.3) is 11.1 Å². The molecule has 4 atom stereocenters. The molecule has 0 spiro atoms. The summed E-state index contributed by atoms with van der Waals surface area (Å²) in [5, 5.41) is 22.8. The third-order valence-corrected chi connectivity index (χ3v) is 7.65. The Kier molecular flexibility index (Phi) is 6.95. The number of carbonyl (C=O) groups is 5. The number of imide groups is 1. The molecular formula is C30H26N2O8. The zero-order valence-corrected chi connectivity index (χ0v) is 21.4. The molecule has 2 amide bonds. The molecule has 0 aliphatic carbocycles. The van der Waals surface area contributed by atoms with Crippen LogP contribution in [-0.2, 0) is 30.5 Å². The zero-order valence-electron chi connectivity index (χ0n) is 21.4. The summed E-state index contributed by atoms with van der Waals surface area (Å²) in [5.74, 6) is -7.37. The fraction of sp³-hybridized carbons (Fsp3) is 0.233. The topological polar surface area (TPSA) is 150 Å². The van der Waals surface area contributed by atoms with Crippen molar-refractivity contribution in [2.24, 2.45) is 11.8 Å². The van der Waals surface area contributed by atoms with Crippen LogP contribution in [0, 0.1) is 11.8 Å². The van der Waals surface area contributed by atoms with E-state index in [1.165, 1.54) is 19.2 Å². The zero-order chi connectivity index (χ0) is 28.6. The number of rotatable bonds is 8. The average Bonchev–Trinajstić information content (AvgIpc) is 3.43. The van der Waals surface area contributed by atoms with E-state index in [1.807, 2.05) is 42.5 Å². The first kappa shape index (κ1) is 26.8. The van der Waals surface area contributed by atoms with Crippen molar-refractivity contribution < 1.29 is 38.9 Å². The number of esters is 1.